The zero-order chi connectivity index (χ0) is 26.2. The highest BCUT2D eigenvalue weighted by Crippen LogP contribution is 2.36. The Bertz CT molecular complexity index is 1530. The molecule has 198 valence electrons. The largest absolute Gasteiger partial charge is 0.454 e. The lowest BCUT2D eigenvalue weighted by atomic mass is 10.0. The molecular weight excluding hydrogens is 510 g/mol. The Morgan fingerprint density at radius 3 is 2.68 bits per heavy atom. The molecule has 0 unspecified atom stereocenters. The Hall–Kier alpha value is -3.67. The number of pyridine rings is 1. The minimum absolute atomic E-state index is 0.163. The summed E-state index contributed by atoms with van der Waals surface area (Å²) in [5.41, 5.74) is 3.35. The standard InChI is InChI=1S/C26H28ClN7O4/c1-16-3-4-18(27)13-21(16)32-5-7-33(8-6-32)24(25-29-30-31-34(25)9-10-36-2)19-11-17-12-22-23(38-15-37-22)14-20(17)28-26(19)35/h3-4,11-14,24H,5-10,15H2,1-2H3,(H,28,35)/t24-/m0/s1. The molecule has 1 saturated heterocycles. The van der Waals surface area contributed by atoms with Crippen molar-refractivity contribution in [3.63, 3.8) is 0 Å². The number of aromatic nitrogens is 5. The second-order valence-corrected chi connectivity index (χ2v) is 9.89. The van der Waals surface area contributed by atoms with E-state index in [2.05, 4.69) is 37.2 Å². The van der Waals surface area contributed by atoms with E-state index in [1.165, 1.54) is 5.56 Å². The van der Waals surface area contributed by atoms with Gasteiger partial charge in [0.15, 0.2) is 17.3 Å². The maximum Gasteiger partial charge on any atom is 0.253 e. The fourth-order valence-electron chi connectivity index (χ4n) is 5.20. The SMILES string of the molecule is COCCn1nnnc1[C@H](c1cc2cc3c(cc2[nH]c1=O)OCO3)N1CCN(c2cc(Cl)ccc2C)CC1. The van der Waals surface area contributed by atoms with Gasteiger partial charge in [-0.05, 0) is 47.2 Å². The Labute approximate surface area is 223 Å². The number of hydrogen-bond donors (Lipinski definition) is 1. The third-order valence-corrected chi connectivity index (χ3v) is 7.40. The number of piperazine rings is 1. The molecule has 0 amide bonds. The van der Waals surface area contributed by atoms with Crippen molar-refractivity contribution in [2.45, 2.75) is 19.5 Å². The molecule has 1 fully saturated rings. The van der Waals surface area contributed by atoms with E-state index < -0.39 is 6.04 Å². The van der Waals surface area contributed by atoms with Crippen LogP contribution in [0.15, 0.2) is 41.2 Å². The molecule has 0 bridgehead atoms. The van der Waals surface area contributed by atoms with Crippen LogP contribution in [0.3, 0.4) is 0 Å². The molecule has 38 heavy (non-hydrogen) atoms. The van der Waals surface area contributed by atoms with E-state index in [1.54, 1.807) is 17.9 Å². The summed E-state index contributed by atoms with van der Waals surface area (Å²) in [6, 6.07) is 11.1. The number of aromatic amines is 1. The molecule has 1 N–H and O–H groups in total. The van der Waals surface area contributed by atoms with E-state index in [-0.39, 0.29) is 12.4 Å². The van der Waals surface area contributed by atoms with E-state index in [0.717, 1.165) is 24.2 Å². The van der Waals surface area contributed by atoms with E-state index in [9.17, 15) is 4.79 Å². The highest BCUT2D eigenvalue weighted by Gasteiger charge is 2.33. The summed E-state index contributed by atoms with van der Waals surface area (Å²) >= 11 is 6.30. The van der Waals surface area contributed by atoms with Crippen LogP contribution in [0.4, 0.5) is 5.69 Å². The van der Waals surface area contributed by atoms with E-state index in [4.69, 9.17) is 25.8 Å². The molecule has 0 radical (unpaired) electrons. The van der Waals surface area contributed by atoms with E-state index >= 15 is 0 Å². The number of fused-ring (bicyclic) bond motifs is 2. The van der Waals surface area contributed by atoms with Crippen molar-refractivity contribution >= 4 is 28.2 Å². The first-order valence-electron chi connectivity index (χ1n) is 12.5. The molecule has 4 heterocycles. The molecule has 6 rings (SSSR count). The van der Waals surface area contributed by atoms with Crippen LogP contribution >= 0.6 is 11.6 Å². The van der Waals surface area contributed by atoms with Crippen LogP contribution in [0.25, 0.3) is 10.9 Å². The molecule has 0 saturated carbocycles. The number of nitrogens with one attached hydrogen (secondary N) is 1. The third-order valence-electron chi connectivity index (χ3n) is 7.16. The summed E-state index contributed by atoms with van der Waals surface area (Å²) in [4.78, 5) is 21.1. The summed E-state index contributed by atoms with van der Waals surface area (Å²) in [7, 11) is 1.64. The van der Waals surface area contributed by atoms with Gasteiger partial charge in [0, 0.05) is 61.0 Å². The van der Waals surface area contributed by atoms with Gasteiger partial charge in [-0.25, -0.2) is 4.68 Å². The number of H-pyrrole nitrogens is 1. The number of methoxy groups -OCH3 is 1. The van der Waals surface area contributed by atoms with E-state index in [1.807, 2.05) is 30.3 Å². The van der Waals surface area contributed by atoms with Gasteiger partial charge in [0.2, 0.25) is 6.79 Å². The molecule has 4 aromatic rings. The van der Waals surface area contributed by atoms with Crippen molar-refractivity contribution < 1.29 is 14.2 Å². The van der Waals surface area contributed by atoms with Gasteiger partial charge in [-0.15, -0.1) is 5.10 Å². The molecule has 1 atom stereocenters. The second-order valence-electron chi connectivity index (χ2n) is 9.46. The number of ether oxygens (including phenoxy) is 3. The van der Waals surface area contributed by atoms with Crippen molar-refractivity contribution in [3.8, 4) is 11.5 Å². The first-order valence-corrected chi connectivity index (χ1v) is 12.9. The molecular formula is C26H28ClN7O4. The lowest BCUT2D eigenvalue weighted by Gasteiger charge is -2.40. The lowest BCUT2D eigenvalue weighted by molar-refractivity contribution is 0.171. The number of aryl methyl sites for hydroxylation is 1. The number of tetrazole rings is 1. The average Bonchev–Trinajstić information content (AvgIpc) is 3.58. The fourth-order valence-corrected chi connectivity index (χ4v) is 5.37. The molecule has 2 aliphatic rings. The number of anilines is 1. The predicted molar refractivity (Wildman–Crippen MR) is 142 cm³/mol. The highest BCUT2D eigenvalue weighted by atomic mass is 35.5. The van der Waals surface area contributed by atoms with E-state index in [0.29, 0.717) is 59.7 Å². The molecule has 12 heteroatoms. The van der Waals surface area contributed by atoms with Gasteiger partial charge < -0.3 is 24.1 Å². The first-order chi connectivity index (χ1) is 18.5. The minimum Gasteiger partial charge on any atom is -0.454 e. The number of nitrogens with zero attached hydrogens (tertiary/aromatic N) is 6. The Balaban J connectivity index is 1.38. The second kappa shape index (κ2) is 10.2. The molecule has 2 aromatic carbocycles. The zero-order valence-electron chi connectivity index (χ0n) is 21.2. The van der Waals surface area contributed by atoms with Crippen LogP contribution in [0.1, 0.15) is 23.0 Å². The quantitative estimate of drug-likeness (QED) is 0.380. The number of rotatable bonds is 7. The maximum atomic E-state index is 13.5. The predicted octanol–water partition coefficient (Wildman–Crippen LogP) is 2.76. The summed E-state index contributed by atoms with van der Waals surface area (Å²) in [5.74, 6) is 1.87. The molecule has 0 aliphatic carbocycles. The fraction of sp³-hybridized carbons (Fsp3) is 0.385. The highest BCUT2D eigenvalue weighted by molar-refractivity contribution is 6.30. The molecule has 2 aromatic heterocycles. The van der Waals surface area contributed by atoms with Gasteiger partial charge >= 0.3 is 0 Å². The summed E-state index contributed by atoms with van der Waals surface area (Å²) < 4.78 is 18.0. The zero-order valence-corrected chi connectivity index (χ0v) is 21.9. The topological polar surface area (TPSA) is 111 Å². The van der Waals surface area contributed by atoms with Gasteiger partial charge in [0.25, 0.3) is 5.56 Å². The van der Waals surface area contributed by atoms with Crippen LogP contribution in [0.5, 0.6) is 11.5 Å². The van der Waals surface area contributed by atoms with Crippen LogP contribution in [-0.2, 0) is 11.3 Å². The lowest BCUT2D eigenvalue weighted by Crippen LogP contribution is -2.49. The van der Waals surface area contributed by atoms with Crippen molar-refractivity contribution in [2.75, 3.05) is 51.6 Å². The number of benzene rings is 2. The van der Waals surface area contributed by atoms with Crippen LogP contribution in [-0.4, -0.2) is 76.8 Å². The maximum absolute atomic E-state index is 13.5. The summed E-state index contributed by atoms with van der Waals surface area (Å²) in [5, 5.41) is 14.1. The Kier molecular flexibility index (Phi) is 6.64. The summed E-state index contributed by atoms with van der Waals surface area (Å²) in [6.45, 7) is 6.11. The average molecular weight is 538 g/mol. The Morgan fingerprint density at radius 1 is 1.11 bits per heavy atom. The van der Waals surface area contributed by atoms with Crippen molar-refractivity contribution in [3.05, 3.63) is 68.7 Å². The van der Waals surface area contributed by atoms with Gasteiger partial charge in [-0.3, -0.25) is 9.69 Å². The first kappa shape index (κ1) is 24.7. The van der Waals surface area contributed by atoms with Gasteiger partial charge in [0.05, 0.1) is 18.7 Å². The smallest absolute Gasteiger partial charge is 0.253 e. The molecule has 2 aliphatic heterocycles. The number of hydrogen-bond acceptors (Lipinski definition) is 9. The molecule has 0 spiro atoms. The van der Waals surface area contributed by atoms with Gasteiger partial charge in [0.1, 0.15) is 6.04 Å². The van der Waals surface area contributed by atoms with Gasteiger partial charge in [-0.1, -0.05) is 17.7 Å². The number of halogens is 1. The Morgan fingerprint density at radius 2 is 1.89 bits per heavy atom. The van der Waals surface area contributed by atoms with Crippen LogP contribution in [0.2, 0.25) is 5.02 Å². The normalized spacial score (nSPS) is 16.3. The van der Waals surface area contributed by atoms with Crippen molar-refractivity contribution in [2.24, 2.45) is 0 Å². The third kappa shape index (κ3) is 4.57. The van der Waals surface area contributed by atoms with Crippen LogP contribution < -0.4 is 19.9 Å². The minimum atomic E-state index is -0.456. The molecule has 11 nitrogen and oxygen atoms in total. The van der Waals surface area contributed by atoms with Gasteiger partial charge in [-0.2, -0.15) is 0 Å². The van der Waals surface area contributed by atoms with Crippen molar-refractivity contribution in [1.82, 2.24) is 30.1 Å². The van der Waals surface area contributed by atoms with Crippen molar-refractivity contribution in [1.29, 1.82) is 0 Å². The monoisotopic (exact) mass is 537 g/mol. The van der Waals surface area contributed by atoms with Crippen LogP contribution in [0, 0.1) is 6.92 Å². The summed E-state index contributed by atoms with van der Waals surface area (Å²) in [6.07, 6.45) is 0.